The molecule has 2 aromatic rings. The van der Waals surface area contributed by atoms with Gasteiger partial charge in [0.1, 0.15) is 5.75 Å². The van der Waals surface area contributed by atoms with Crippen LogP contribution in [-0.4, -0.2) is 7.11 Å². The Morgan fingerprint density at radius 1 is 0.773 bits per heavy atom. The first-order chi connectivity index (χ1) is 10.1. The second-order valence-electron chi connectivity index (χ2n) is 4.48. The highest BCUT2D eigenvalue weighted by molar-refractivity contribution is 5.69. The SMILES string of the molecule is COc1ccc(-c2ccc(C(F)(F)F)cc2)c(C(F)(F)F)c1. The molecular formula is C15H10F6O. The zero-order valence-corrected chi connectivity index (χ0v) is 11.2. The molecule has 0 saturated heterocycles. The summed E-state index contributed by atoms with van der Waals surface area (Å²) in [5, 5.41) is 0. The molecule has 0 aliphatic rings. The van der Waals surface area contributed by atoms with Gasteiger partial charge in [-0.3, -0.25) is 0 Å². The molecule has 2 aromatic carbocycles. The van der Waals surface area contributed by atoms with Crippen molar-refractivity contribution in [2.24, 2.45) is 0 Å². The maximum atomic E-state index is 13.1. The highest BCUT2D eigenvalue weighted by atomic mass is 19.4. The first-order valence-electron chi connectivity index (χ1n) is 6.06. The summed E-state index contributed by atoms with van der Waals surface area (Å²) in [5.74, 6) is 0.0167. The molecule has 0 aliphatic heterocycles. The van der Waals surface area contributed by atoms with Crippen LogP contribution in [0.3, 0.4) is 0 Å². The van der Waals surface area contributed by atoms with Crippen molar-refractivity contribution >= 4 is 0 Å². The van der Waals surface area contributed by atoms with Crippen molar-refractivity contribution in [1.82, 2.24) is 0 Å². The quantitative estimate of drug-likeness (QED) is 0.673. The van der Waals surface area contributed by atoms with Crippen molar-refractivity contribution < 1.29 is 31.1 Å². The Hall–Kier alpha value is -2.18. The fourth-order valence-corrected chi connectivity index (χ4v) is 1.98. The molecule has 118 valence electrons. The summed E-state index contributed by atoms with van der Waals surface area (Å²) < 4.78 is 81.5. The lowest BCUT2D eigenvalue weighted by molar-refractivity contribution is -0.138. The molecule has 0 unspecified atom stereocenters. The molecule has 0 heterocycles. The Balaban J connectivity index is 2.53. The van der Waals surface area contributed by atoms with E-state index in [0.717, 1.165) is 30.3 Å². The summed E-state index contributed by atoms with van der Waals surface area (Å²) in [6.07, 6.45) is -9.18. The Morgan fingerprint density at radius 2 is 1.36 bits per heavy atom. The van der Waals surface area contributed by atoms with Crippen molar-refractivity contribution in [2.45, 2.75) is 12.4 Å². The molecule has 0 atom stereocenters. The molecule has 0 spiro atoms. The molecule has 0 saturated carbocycles. The van der Waals surface area contributed by atoms with Crippen LogP contribution < -0.4 is 4.74 Å². The molecule has 0 aromatic heterocycles. The number of hydrogen-bond donors (Lipinski definition) is 0. The Bertz CT molecular complexity index is 655. The van der Waals surface area contributed by atoms with Crippen molar-refractivity contribution in [3.05, 3.63) is 53.6 Å². The molecule has 0 fully saturated rings. The Morgan fingerprint density at radius 3 is 1.82 bits per heavy atom. The van der Waals surface area contributed by atoms with Crippen LogP contribution in [-0.2, 0) is 12.4 Å². The Kier molecular flexibility index (Phi) is 4.08. The molecule has 1 nitrogen and oxygen atoms in total. The minimum atomic E-state index is -4.65. The number of hydrogen-bond acceptors (Lipinski definition) is 1. The maximum absolute atomic E-state index is 13.1. The van der Waals surface area contributed by atoms with E-state index in [9.17, 15) is 26.3 Å². The van der Waals surface area contributed by atoms with Gasteiger partial charge >= 0.3 is 12.4 Å². The lowest BCUT2D eigenvalue weighted by Gasteiger charge is -2.15. The summed E-state index contributed by atoms with van der Waals surface area (Å²) >= 11 is 0. The second kappa shape index (κ2) is 5.55. The van der Waals surface area contributed by atoms with E-state index < -0.39 is 23.5 Å². The van der Waals surface area contributed by atoms with Gasteiger partial charge in [0.15, 0.2) is 0 Å². The summed E-state index contributed by atoms with van der Waals surface area (Å²) in [5.41, 5.74) is -2.05. The number of benzene rings is 2. The lowest BCUT2D eigenvalue weighted by atomic mass is 9.98. The molecule has 0 N–H and O–H groups in total. The summed E-state index contributed by atoms with van der Waals surface area (Å²) in [6, 6.07) is 6.83. The largest absolute Gasteiger partial charge is 0.497 e. The molecule has 0 radical (unpaired) electrons. The summed E-state index contributed by atoms with van der Waals surface area (Å²) in [4.78, 5) is 0. The van der Waals surface area contributed by atoms with Gasteiger partial charge in [-0.15, -0.1) is 0 Å². The van der Waals surface area contributed by atoms with Gasteiger partial charge in [-0.05, 0) is 35.4 Å². The van der Waals surface area contributed by atoms with Crippen LogP contribution in [0.2, 0.25) is 0 Å². The van der Waals surface area contributed by atoms with Crippen LogP contribution >= 0.6 is 0 Å². The van der Waals surface area contributed by atoms with Gasteiger partial charge in [-0.2, -0.15) is 26.3 Å². The van der Waals surface area contributed by atoms with Gasteiger partial charge in [-0.25, -0.2) is 0 Å². The lowest BCUT2D eigenvalue weighted by Crippen LogP contribution is -2.08. The topological polar surface area (TPSA) is 9.23 Å². The normalized spacial score (nSPS) is 12.3. The van der Waals surface area contributed by atoms with Gasteiger partial charge in [0, 0.05) is 0 Å². The molecule has 22 heavy (non-hydrogen) atoms. The fraction of sp³-hybridized carbons (Fsp3) is 0.200. The van der Waals surface area contributed by atoms with Crippen molar-refractivity contribution in [2.75, 3.05) is 7.11 Å². The minimum Gasteiger partial charge on any atom is -0.497 e. The van der Waals surface area contributed by atoms with Crippen LogP contribution in [0.25, 0.3) is 11.1 Å². The fourth-order valence-electron chi connectivity index (χ4n) is 1.98. The van der Waals surface area contributed by atoms with Gasteiger partial charge in [-0.1, -0.05) is 18.2 Å². The summed E-state index contributed by atoms with van der Waals surface area (Å²) in [7, 11) is 1.23. The van der Waals surface area contributed by atoms with Gasteiger partial charge in [0.05, 0.1) is 18.2 Å². The third-order valence-corrected chi connectivity index (χ3v) is 3.06. The van der Waals surface area contributed by atoms with E-state index in [1.165, 1.54) is 19.2 Å². The highest BCUT2D eigenvalue weighted by Crippen LogP contribution is 2.40. The number of ether oxygens (including phenoxy) is 1. The minimum absolute atomic E-state index is 0.0167. The number of alkyl halides is 6. The predicted octanol–water partition coefficient (Wildman–Crippen LogP) is 5.40. The molecular weight excluding hydrogens is 310 g/mol. The van der Waals surface area contributed by atoms with Gasteiger partial charge < -0.3 is 4.74 Å². The van der Waals surface area contributed by atoms with Crippen LogP contribution in [0.5, 0.6) is 5.75 Å². The predicted molar refractivity (Wildman–Crippen MR) is 68.4 cm³/mol. The van der Waals surface area contributed by atoms with E-state index in [1.807, 2.05) is 0 Å². The molecule has 2 rings (SSSR count). The van der Waals surface area contributed by atoms with Crippen molar-refractivity contribution in [1.29, 1.82) is 0 Å². The Labute approximate surface area is 122 Å². The third kappa shape index (κ3) is 3.35. The smallest absolute Gasteiger partial charge is 0.417 e. The standard InChI is InChI=1S/C15H10F6O/c1-22-11-6-7-12(13(8-11)15(19,20)21)9-2-4-10(5-3-9)14(16,17)18/h2-8H,1H3. The number of methoxy groups -OCH3 is 1. The first kappa shape index (κ1) is 16.2. The van der Waals surface area contributed by atoms with Crippen LogP contribution in [0.15, 0.2) is 42.5 Å². The first-order valence-corrected chi connectivity index (χ1v) is 6.06. The summed E-state index contributed by atoms with van der Waals surface area (Å²) in [6.45, 7) is 0. The second-order valence-corrected chi connectivity index (χ2v) is 4.48. The van der Waals surface area contributed by atoms with Crippen LogP contribution in [0.1, 0.15) is 11.1 Å². The highest BCUT2D eigenvalue weighted by Gasteiger charge is 2.35. The van der Waals surface area contributed by atoms with Crippen LogP contribution in [0, 0.1) is 0 Å². The van der Waals surface area contributed by atoms with Gasteiger partial charge in [0.25, 0.3) is 0 Å². The number of rotatable bonds is 2. The maximum Gasteiger partial charge on any atom is 0.417 e. The average molecular weight is 320 g/mol. The monoisotopic (exact) mass is 320 g/mol. The van der Waals surface area contributed by atoms with E-state index in [4.69, 9.17) is 4.74 Å². The van der Waals surface area contributed by atoms with Crippen molar-refractivity contribution in [3.8, 4) is 16.9 Å². The molecule has 0 bridgehead atoms. The molecule has 7 heteroatoms. The van der Waals surface area contributed by atoms with Crippen LogP contribution in [0.4, 0.5) is 26.3 Å². The zero-order valence-electron chi connectivity index (χ0n) is 11.2. The van der Waals surface area contributed by atoms with Gasteiger partial charge in [0.2, 0.25) is 0 Å². The van der Waals surface area contributed by atoms with E-state index >= 15 is 0 Å². The van der Waals surface area contributed by atoms with E-state index in [0.29, 0.717) is 0 Å². The van der Waals surface area contributed by atoms with E-state index in [2.05, 4.69) is 0 Å². The average Bonchev–Trinajstić information content (AvgIpc) is 2.45. The number of halogens is 6. The third-order valence-electron chi connectivity index (χ3n) is 3.06. The molecule has 0 amide bonds. The van der Waals surface area contributed by atoms with E-state index in [-0.39, 0.29) is 16.9 Å². The molecule has 0 aliphatic carbocycles. The van der Waals surface area contributed by atoms with E-state index in [1.54, 1.807) is 0 Å². The van der Waals surface area contributed by atoms with Crippen molar-refractivity contribution in [3.63, 3.8) is 0 Å². The zero-order chi connectivity index (χ0) is 16.5.